The predicted molar refractivity (Wildman–Crippen MR) is 134 cm³/mol. The zero-order chi connectivity index (χ0) is 25.0. The molecule has 0 radical (unpaired) electrons. The molecule has 1 unspecified atom stereocenters. The Hall–Kier alpha value is -3.30. The lowest BCUT2D eigenvalue weighted by Crippen LogP contribution is -2.49. The predicted octanol–water partition coefficient (Wildman–Crippen LogP) is 5.05. The van der Waals surface area contributed by atoms with Gasteiger partial charge in [-0.3, -0.25) is 0 Å². The minimum Gasteiger partial charge on any atom is -0.493 e. The van der Waals surface area contributed by atoms with Crippen LogP contribution in [0.25, 0.3) is 10.9 Å². The normalized spacial score (nSPS) is 16.1. The first-order valence-corrected chi connectivity index (χ1v) is 11.7. The Morgan fingerprint density at radius 1 is 1.23 bits per heavy atom. The van der Waals surface area contributed by atoms with Crippen LogP contribution >= 0.6 is 11.6 Å². The molecule has 0 bridgehead atoms. The summed E-state index contributed by atoms with van der Waals surface area (Å²) in [5.41, 5.74) is 0.936. The summed E-state index contributed by atoms with van der Waals surface area (Å²) in [6, 6.07) is 11.0. The largest absolute Gasteiger partial charge is 0.493 e. The highest BCUT2D eigenvalue weighted by Crippen LogP contribution is 2.35. The standard InChI is InChI=1S/C25H29ClN4O5/c1-25(2,3)35-24(31)30-8-9-33-18(13-30)14-34-22-11-19-20(12-21(22)32-4)27-15-28-23(19)29-17-7-5-6-16(26)10-17/h5-7,10-12,15,18H,8-9,13-14H2,1-4H3,(H,27,28,29). The van der Waals surface area contributed by atoms with Crippen molar-refractivity contribution in [2.45, 2.75) is 32.5 Å². The van der Waals surface area contributed by atoms with Crippen LogP contribution < -0.4 is 14.8 Å². The highest BCUT2D eigenvalue weighted by Gasteiger charge is 2.28. The number of amides is 1. The van der Waals surface area contributed by atoms with Gasteiger partial charge in [-0.2, -0.15) is 0 Å². The van der Waals surface area contributed by atoms with Crippen molar-refractivity contribution in [2.75, 3.05) is 38.7 Å². The Morgan fingerprint density at radius 3 is 2.80 bits per heavy atom. The third-order valence-electron chi connectivity index (χ3n) is 5.22. The number of methoxy groups -OCH3 is 1. The Labute approximate surface area is 209 Å². The molecule has 186 valence electrons. The lowest BCUT2D eigenvalue weighted by molar-refractivity contribution is -0.0558. The third-order valence-corrected chi connectivity index (χ3v) is 5.46. The van der Waals surface area contributed by atoms with E-state index in [1.165, 1.54) is 6.33 Å². The van der Waals surface area contributed by atoms with Crippen LogP contribution in [0.4, 0.5) is 16.3 Å². The second kappa shape index (κ2) is 10.5. The van der Waals surface area contributed by atoms with Gasteiger partial charge >= 0.3 is 6.09 Å². The van der Waals surface area contributed by atoms with Gasteiger partial charge in [0.1, 0.15) is 30.5 Å². The number of nitrogens with one attached hydrogen (secondary N) is 1. The van der Waals surface area contributed by atoms with Crippen molar-refractivity contribution >= 4 is 40.1 Å². The summed E-state index contributed by atoms with van der Waals surface area (Å²) in [4.78, 5) is 22.8. The lowest BCUT2D eigenvalue weighted by Gasteiger charge is -2.34. The van der Waals surface area contributed by atoms with E-state index < -0.39 is 5.60 Å². The number of benzene rings is 2. The number of morpholine rings is 1. The van der Waals surface area contributed by atoms with Crippen LogP contribution in [0.5, 0.6) is 11.5 Å². The molecule has 10 heteroatoms. The first kappa shape index (κ1) is 24.8. The van der Waals surface area contributed by atoms with Gasteiger partial charge in [0.15, 0.2) is 11.5 Å². The molecule has 1 amide bonds. The van der Waals surface area contributed by atoms with E-state index in [4.69, 9.17) is 30.5 Å². The quantitative estimate of drug-likeness (QED) is 0.502. The zero-order valence-electron chi connectivity index (χ0n) is 20.2. The first-order chi connectivity index (χ1) is 16.7. The van der Waals surface area contributed by atoms with E-state index in [1.807, 2.05) is 45.0 Å². The van der Waals surface area contributed by atoms with Crippen molar-refractivity contribution in [1.82, 2.24) is 14.9 Å². The maximum Gasteiger partial charge on any atom is 0.410 e. The second-order valence-corrected chi connectivity index (χ2v) is 9.54. The number of aromatic nitrogens is 2. The summed E-state index contributed by atoms with van der Waals surface area (Å²) < 4.78 is 22.9. The number of rotatable bonds is 6. The molecule has 2 heterocycles. The Bertz CT molecular complexity index is 1200. The van der Waals surface area contributed by atoms with Gasteiger partial charge in [-0.1, -0.05) is 17.7 Å². The van der Waals surface area contributed by atoms with E-state index >= 15 is 0 Å². The van der Waals surface area contributed by atoms with Crippen LogP contribution in [-0.4, -0.2) is 66.1 Å². The van der Waals surface area contributed by atoms with Gasteiger partial charge in [0, 0.05) is 28.7 Å². The molecule has 0 saturated carbocycles. The average Bonchev–Trinajstić information content (AvgIpc) is 2.81. The molecular formula is C25H29ClN4O5. The number of carbonyl (C=O) groups excluding carboxylic acids is 1. The molecule has 1 atom stereocenters. The molecule has 1 aromatic heterocycles. The van der Waals surface area contributed by atoms with E-state index in [1.54, 1.807) is 24.1 Å². The Balaban J connectivity index is 1.51. The van der Waals surface area contributed by atoms with Gasteiger partial charge < -0.3 is 29.2 Å². The molecule has 1 saturated heterocycles. The van der Waals surface area contributed by atoms with Crippen molar-refractivity contribution in [1.29, 1.82) is 0 Å². The Kier molecular flexibility index (Phi) is 7.47. The molecule has 1 N–H and O–H groups in total. The molecule has 2 aromatic carbocycles. The number of ether oxygens (including phenoxy) is 4. The van der Waals surface area contributed by atoms with Gasteiger partial charge in [-0.05, 0) is 45.0 Å². The van der Waals surface area contributed by atoms with Crippen LogP contribution in [-0.2, 0) is 9.47 Å². The fourth-order valence-electron chi connectivity index (χ4n) is 3.63. The summed E-state index contributed by atoms with van der Waals surface area (Å²) in [5, 5.41) is 4.65. The van der Waals surface area contributed by atoms with Gasteiger partial charge in [0.05, 0.1) is 25.8 Å². The van der Waals surface area contributed by atoms with E-state index in [0.29, 0.717) is 47.6 Å². The first-order valence-electron chi connectivity index (χ1n) is 11.3. The fraction of sp³-hybridized carbons (Fsp3) is 0.400. The molecule has 0 aliphatic carbocycles. The smallest absolute Gasteiger partial charge is 0.410 e. The number of hydrogen-bond donors (Lipinski definition) is 1. The number of fused-ring (bicyclic) bond motifs is 1. The van der Waals surface area contributed by atoms with E-state index in [9.17, 15) is 4.79 Å². The number of nitrogens with zero attached hydrogens (tertiary/aromatic N) is 3. The van der Waals surface area contributed by atoms with Crippen molar-refractivity contribution in [3.63, 3.8) is 0 Å². The summed E-state index contributed by atoms with van der Waals surface area (Å²) in [6.07, 6.45) is 0.812. The Morgan fingerprint density at radius 2 is 2.06 bits per heavy atom. The maximum atomic E-state index is 12.4. The van der Waals surface area contributed by atoms with Crippen molar-refractivity contribution in [3.8, 4) is 11.5 Å². The molecule has 1 aliphatic heterocycles. The summed E-state index contributed by atoms with van der Waals surface area (Å²) >= 11 is 6.12. The molecular weight excluding hydrogens is 472 g/mol. The minimum absolute atomic E-state index is 0.228. The van der Waals surface area contributed by atoms with Crippen LogP contribution in [0.1, 0.15) is 20.8 Å². The number of halogens is 1. The van der Waals surface area contributed by atoms with Gasteiger partial charge in [-0.15, -0.1) is 0 Å². The third kappa shape index (κ3) is 6.43. The summed E-state index contributed by atoms with van der Waals surface area (Å²) in [7, 11) is 1.57. The monoisotopic (exact) mass is 500 g/mol. The van der Waals surface area contributed by atoms with Crippen LogP contribution in [0.2, 0.25) is 5.02 Å². The lowest BCUT2D eigenvalue weighted by atomic mass is 10.2. The molecule has 4 rings (SSSR count). The molecule has 9 nitrogen and oxygen atoms in total. The maximum absolute atomic E-state index is 12.4. The highest BCUT2D eigenvalue weighted by atomic mass is 35.5. The molecule has 3 aromatic rings. The number of carbonyl (C=O) groups is 1. The van der Waals surface area contributed by atoms with Crippen LogP contribution in [0.3, 0.4) is 0 Å². The summed E-state index contributed by atoms with van der Waals surface area (Å²) in [5.74, 6) is 1.65. The molecule has 35 heavy (non-hydrogen) atoms. The van der Waals surface area contributed by atoms with Crippen molar-refractivity contribution in [3.05, 3.63) is 47.7 Å². The van der Waals surface area contributed by atoms with E-state index in [-0.39, 0.29) is 18.8 Å². The molecule has 1 aliphatic rings. The molecule has 0 spiro atoms. The highest BCUT2D eigenvalue weighted by molar-refractivity contribution is 6.30. The number of anilines is 2. The number of hydrogen-bond acceptors (Lipinski definition) is 8. The van der Waals surface area contributed by atoms with Gasteiger partial charge in [-0.25, -0.2) is 14.8 Å². The second-order valence-electron chi connectivity index (χ2n) is 9.11. The summed E-state index contributed by atoms with van der Waals surface area (Å²) in [6.45, 7) is 7.01. The van der Waals surface area contributed by atoms with E-state index in [2.05, 4.69) is 15.3 Å². The SMILES string of the molecule is COc1cc2ncnc(Nc3cccc(Cl)c3)c2cc1OCC1CN(C(=O)OC(C)(C)C)CCO1. The van der Waals surface area contributed by atoms with Crippen LogP contribution in [0.15, 0.2) is 42.7 Å². The fourth-order valence-corrected chi connectivity index (χ4v) is 3.82. The van der Waals surface area contributed by atoms with Crippen molar-refractivity contribution in [2.24, 2.45) is 0 Å². The van der Waals surface area contributed by atoms with Crippen molar-refractivity contribution < 1.29 is 23.7 Å². The average molecular weight is 501 g/mol. The zero-order valence-corrected chi connectivity index (χ0v) is 21.0. The van der Waals surface area contributed by atoms with Gasteiger partial charge in [0.25, 0.3) is 0 Å². The minimum atomic E-state index is -0.557. The van der Waals surface area contributed by atoms with Gasteiger partial charge in [0.2, 0.25) is 0 Å². The van der Waals surface area contributed by atoms with E-state index in [0.717, 1.165) is 11.1 Å². The topological polar surface area (TPSA) is 95.0 Å². The van der Waals surface area contributed by atoms with Crippen LogP contribution in [0, 0.1) is 0 Å². The molecule has 1 fully saturated rings.